The van der Waals surface area contributed by atoms with Gasteiger partial charge in [0.2, 0.25) is 11.8 Å². The summed E-state index contributed by atoms with van der Waals surface area (Å²) in [5.41, 5.74) is 5.93. The van der Waals surface area contributed by atoms with Crippen molar-refractivity contribution >= 4 is 34.7 Å². The van der Waals surface area contributed by atoms with E-state index in [0.717, 1.165) is 24.6 Å². The molecule has 200 valence electrons. The molecule has 1 aliphatic rings. The van der Waals surface area contributed by atoms with Gasteiger partial charge >= 0.3 is 6.03 Å². The van der Waals surface area contributed by atoms with Crippen LogP contribution in [0.15, 0.2) is 18.6 Å². The van der Waals surface area contributed by atoms with E-state index >= 15 is 0 Å². The molecular weight excluding hydrogens is 474 g/mol. The first-order valence-corrected chi connectivity index (χ1v) is 12.8. The molecule has 2 aromatic rings. The summed E-state index contributed by atoms with van der Waals surface area (Å²) in [5, 5.41) is 15.3. The van der Waals surface area contributed by atoms with E-state index in [1.54, 1.807) is 11.1 Å². The van der Waals surface area contributed by atoms with Crippen LogP contribution in [0.5, 0.6) is 0 Å². The minimum Gasteiger partial charge on any atom is -0.356 e. The molecule has 1 aliphatic heterocycles. The molecule has 0 aromatic carbocycles. The van der Waals surface area contributed by atoms with Crippen LogP contribution in [0.1, 0.15) is 45.4 Å². The first-order valence-electron chi connectivity index (χ1n) is 12.8. The Bertz CT molecular complexity index is 1130. The van der Waals surface area contributed by atoms with Crippen molar-refractivity contribution in [2.24, 2.45) is 11.7 Å². The van der Waals surface area contributed by atoms with E-state index < -0.39 is 0 Å². The van der Waals surface area contributed by atoms with E-state index in [2.05, 4.69) is 27.5 Å². The average molecular weight is 512 g/mol. The average Bonchev–Trinajstić information content (AvgIpc) is 3.33. The van der Waals surface area contributed by atoms with Crippen molar-refractivity contribution in [3.05, 3.63) is 18.6 Å². The minimum atomic E-state index is -0.329. The number of nitrogens with zero attached hydrogens (tertiary/aromatic N) is 6. The number of nitrogens with one attached hydrogen (secondary N) is 2. The second kappa shape index (κ2) is 13.5. The molecule has 4 N–H and O–H groups in total. The molecule has 1 fully saturated rings. The number of unbranched alkanes of at least 4 members (excludes halogenated alkanes) is 1. The molecular formula is C25H37N9O3. The van der Waals surface area contributed by atoms with Gasteiger partial charge in [-0.2, -0.15) is 5.26 Å². The van der Waals surface area contributed by atoms with Crippen molar-refractivity contribution in [2.75, 3.05) is 44.7 Å². The molecule has 2 aromatic heterocycles. The van der Waals surface area contributed by atoms with Gasteiger partial charge in [-0.05, 0) is 44.2 Å². The summed E-state index contributed by atoms with van der Waals surface area (Å²) in [6.45, 7) is 4.87. The lowest BCUT2D eigenvalue weighted by atomic mass is 9.92. The molecule has 12 heteroatoms. The highest BCUT2D eigenvalue weighted by atomic mass is 16.2. The van der Waals surface area contributed by atoms with Gasteiger partial charge in [-0.3, -0.25) is 14.2 Å². The van der Waals surface area contributed by atoms with Crippen LogP contribution in [0, 0.1) is 17.2 Å². The molecule has 2 atom stereocenters. The molecule has 0 radical (unpaired) electrons. The van der Waals surface area contributed by atoms with Crippen molar-refractivity contribution in [3.63, 3.8) is 0 Å². The van der Waals surface area contributed by atoms with Crippen molar-refractivity contribution in [3.8, 4) is 6.07 Å². The van der Waals surface area contributed by atoms with Crippen LogP contribution >= 0.6 is 0 Å². The number of rotatable bonds is 11. The van der Waals surface area contributed by atoms with E-state index in [0.29, 0.717) is 62.9 Å². The fourth-order valence-corrected chi connectivity index (χ4v) is 4.61. The van der Waals surface area contributed by atoms with Gasteiger partial charge in [0.1, 0.15) is 18.6 Å². The van der Waals surface area contributed by atoms with Crippen LogP contribution in [0.25, 0.3) is 11.0 Å². The Morgan fingerprint density at radius 3 is 2.76 bits per heavy atom. The van der Waals surface area contributed by atoms with E-state index in [4.69, 9.17) is 11.0 Å². The number of nitriles is 1. The maximum atomic E-state index is 12.8. The van der Waals surface area contributed by atoms with E-state index in [1.165, 1.54) is 10.9 Å². The number of hydrogen-bond donors (Lipinski definition) is 3. The number of amides is 3. The molecule has 1 unspecified atom stereocenters. The SMILES string of the molecule is C[C@@H]1CCN(C(=O)CC#N)CC1N(C)c1ncnc2c1ccn2C(=O)NCCCC(=O)NCCCCN. The van der Waals surface area contributed by atoms with Gasteiger partial charge in [0.15, 0.2) is 5.65 Å². The minimum absolute atomic E-state index is 0.00752. The summed E-state index contributed by atoms with van der Waals surface area (Å²) in [5.74, 6) is 0.786. The first kappa shape index (κ1) is 27.9. The third-order valence-electron chi connectivity index (χ3n) is 6.82. The van der Waals surface area contributed by atoms with Crippen LogP contribution in [0.3, 0.4) is 0 Å². The number of piperidine rings is 1. The number of likely N-dealkylation sites (tertiary alicyclic amines) is 1. The zero-order valence-corrected chi connectivity index (χ0v) is 21.7. The lowest BCUT2D eigenvalue weighted by Crippen LogP contribution is -2.52. The molecule has 0 spiro atoms. The van der Waals surface area contributed by atoms with Gasteiger partial charge in [0, 0.05) is 45.8 Å². The molecule has 0 saturated carbocycles. The van der Waals surface area contributed by atoms with Crippen LogP contribution in [0.2, 0.25) is 0 Å². The van der Waals surface area contributed by atoms with E-state index in [9.17, 15) is 14.4 Å². The number of aromatic nitrogens is 3. The summed E-state index contributed by atoms with van der Waals surface area (Å²) < 4.78 is 1.44. The van der Waals surface area contributed by atoms with Gasteiger partial charge in [-0.1, -0.05) is 6.92 Å². The largest absolute Gasteiger partial charge is 0.356 e. The van der Waals surface area contributed by atoms with Crippen LogP contribution in [-0.4, -0.2) is 83.1 Å². The third kappa shape index (κ3) is 7.16. The van der Waals surface area contributed by atoms with Crippen molar-refractivity contribution in [1.29, 1.82) is 5.26 Å². The molecule has 12 nitrogen and oxygen atoms in total. The summed E-state index contributed by atoms with van der Waals surface area (Å²) in [4.78, 5) is 49.6. The van der Waals surface area contributed by atoms with Gasteiger partial charge in [0.05, 0.1) is 17.5 Å². The summed E-state index contributed by atoms with van der Waals surface area (Å²) in [7, 11) is 1.93. The second-order valence-corrected chi connectivity index (χ2v) is 9.42. The Morgan fingerprint density at radius 1 is 1.22 bits per heavy atom. The highest BCUT2D eigenvalue weighted by molar-refractivity contribution is 5.95. The van der Waals surface area contributed by atoms with Crippen LogP contribution < -0.4 is 21.3 Å². The van der Waals surface area contributed by atoms with Crippen LogP contribution in [-0.2, 0) is 9.59 Å². The normalized spacial score (nSPS) is 17.3. The van der Waals surface area contributed by atoms with Crippen molar-refractivity contribution < 1.29 is 14.4 Å². The van der Waals surface area contributed by atoms with Gasteiger partial charge < -0.3 is 26.2 Å². The number of hydrogen-bond acceptors (Lipinski definition) is 8. The Balaban J connectivity index is 1.61. The zero-order valence-electron chi connectivity index (χ0n) is 21.7. The van der Waals surface area contributed by atoms with E-state index in [-0.39, 0.29) is 30.3 Å². The van der Waals surface area contributed by atoms with Gasteiger partial charge in [-0.25, -0.2) is 14.8 Å². The number of anilines is 1. The molecule has 1 saturated heterocycles. The summed E-state index contributed by atoms with van der Waals surface area (Å²) in [6.07, 6.45) is 6.38. The number of carbonyl (C=O) groups excluding carboxylic acids is 3. The number of carbonyl (C=O) groups is 3. The fourth-order valence-electron chi connectivity index (χ4n) is 4.61. The summed E-state index contributed by atoms with van der Waals surface area (Å²) >= 11 is 0. The quantitative estimate of drug-likeness (QED) is 0.379. The van der Waals surface area contributed by atoms with Gasteiger partial charge in [-0.15, -0.1) is 0 Å². The highest BCUT2D eigenvalue weighted by Crippen LogP contribution is 2.29. The lowest BCUT2D eigenvalue weighted by molar-refractivity contribution is -0.131. The molecule has 3 amide bonds. The topological polar surface area (TPSA) is 162 Å². The van der Waals surface area contributed by atoms with E-state index in [1.807, 2.05) is 24.1 Å². The highest BCUT2D eigenvalue weighted by Gasteiger charge is 2.32. The zero-order chi connectivity index (χ0) is 26.8. The number of fused-ring (bicyclic) bond motifs is 1. The predicted octanol–water partition coefficient (Wildman–Crippen LogP) is 1.21. The fraction of sp³-hybridized carbons (Fsp3) is 0.600. The maximum absolute atomic E-state index is 12.8. The maximum Gasteiger partial charge on any atom is 0.327 e. The lowest BCUT2D eigenvalue weighted by Gasteiger charge is -2.42. The number of nitrogens with two attached hydrogens (primary N) is 1. The third-order valence-corrected chi connectivity index (χ3v) is 6.82. The Hall–Kier alpha value is -3.72. The van der Waals surface area contributed by atoms with Gasteiger partial charge in [0.25, 0.3) is 0 Å². The summed E-state index contributed by atoms with van der Waals surface area (Å²) in [6, 6.07) is 3.42. The molecule has 0 aliphatic carbocycles. The Kier molecular flexibility index (Phi) is 10.2. The molecule has 37 heavy (non-hydrogen) atoms. The number of likely N-dealkylation sites (N-methyl/N-ethyl adjacent to an activating group) is 1. The molecule has 3 heterocycles. The Morgan fingerprint density at radius 2 is 2.00 bits per heavy atom. The van der Waals surface area contributed by atoms with Crippen LogP contribution in [0.4, 0.5) is 10.6 Å². The molecule has 3 rings (SSSR count). The smallest absolute Gasteiger partial charge is 0.327 e. The Labute approximate surface area is 217 Å². The van der Waals surface area contributed by atoms with Crippen molar-refractivity contribution in [1.82, 2.24) is 30.1 Å². The predicted molar refractivity (Wildman–Crippen MR) is 140 cm³/mol. The second-order valence-electron chi connectivity index (χ2n) is 9.42. The first-order chi connectivity index (χ1) is 17.9. The standard InChI is InChI=1S/C25H37N9O3/c1-18-8-14-33(22(36)7-11-27)16-20(18)32(2)23-19-9-15-34(24(19)31-17-30-23)25(37)29-13-5-6-21(35)28-12-4-3-10-26/h9,15,17-18,20H,3-8,10,12-14,16,26H2,1-2H3,(H,28,35)(H,29,37)/t18-,20?/m1/s1. The van der Waals surface area contributed by atoms with Crippen molar-refractivity contribution in [2.45, 2.75) is 51.5 Å². The molecule has 0 bridgehead atoms. The monoisotopic (exact) mass is 511 g/mol.